The third kappa shape index (κ3) is 3.98. The fourth-order valence-electron chi connectivity index (χ4n) is 4.14. The van der Waals surface area contributed by atoms with Crippen molar-refractivity contribution in [2.75, 3.05) is 10.7 Å². The number of rotatable bonds is 5. The first-order valence-electron chi connectivity index (χ1n) is 9.71. The van der Waals surface area contributed by atoms with Gasteiger partial charge >= 0.3 is 0 Å². The van der Waals surface area contributed by atoms with E-state index in [2.05, 4.69) is 30.6 Å². The number of hydrogen-bond acceptors (Lipinski definition) is 6. The van der Waals surface area contributed by atoms with E-state index in [1.165, 1.54) is 23.1 Å². The summed E-state index contributed by atoms with van der Waals surface area (Å²) in [6.07, 6.45) is 3.05. The van der Waals surface area contributed by atoms with Crippen LogP contribution >= 0.6 is 34.7 Å². The normalized spacial score (nSPS) is 21.0. The molecule has 2 heterocycles. The average molecular weight is 460 g/mol. The van der Waals surface area contributed by atoms with Crippen LogP contribution < -0.4 is 4.90 Å². The molecule has 1 aromatic heterocycles. The van der Waals surface area contributed by atoms with Crippen LogP contribution in [0.25, 0.3) is 0 Å². The van der Waals surface area contributed by atoms with Gasteiger partial charge in [-0.15, -0.1) is 16.8 Å². The van der Waals surface area contributed by atoms with Gasteiger partial charge in [0, 0.05) is 40.8 Å². The van der Waals surface area contributed by atoms with E-state index in [0.29, 0.717) is 28.6 Å². The zero-order chi connectivity index (χ0) is 21.5. The van der Waals surface area contributed by atoms with Gasteiger partial charge in [0.05, 0.1) is 0 Å². The number of anilines is 1. The van der Waals surface area contributed by atoms with Gasteiger partial charge < -0.3 is 0 Å². The lowest BCUT2D eigenvalue weighted by atomic mass is 9.69. The fraction of sp³-hybridized carbons (Fsp3) is 0.364. The molecule has 0 unspecified atom stereocenters. The average Bonchev–Trinajstić information content (AvgIpc) is 3.13. The first-order valence-corrected chi connectivity index (χ1v) is 11.9. The van der Waals surface area contributed by atoms with E-state index in [4.69, 9.17) is 11.6 Å². The van der Waals surface area contributed by atoms with Crippen molar-refractivity contribution in [3.63, 3.8) is 0 Å². The molecule has 0 radical (unpaired) electrons. The standard InChI is InChI=1S/C22H22ClN3O2S2/c1-4-9-29-21-25-24-20(30-21)26-16-11-22(2,3)12-17(27)19(16)14(10-18(26)28)13-7-5-6-8-15(13)23/h4-8,14H,1,9-12H2,2-3H3/t14-/m1/s1. The van der Waals surface area contributed by atoms with Crippen LogP contribution in [0.5, 0.6) is 0 Å². The maximum Gasteiger partial charge on any atom is 0.234 e. The highest BCUT2D eigenvalue weighted by Crippen LogP contribution is 2.49. The molecule has 4 rings (SSSR count). The summed E-state index contributed by atoms with van der Waals surface area (Å²) < 4.78 is 0.773. The van der Waals surface area contributed by atoms with Crippen molar-refractivity contribution < 1.29 is 9.59 Å². The number of aromatic nitrogens is 2. The number of amides is 1. The Morgan fingerprint density at radius 2 is 2.07 bits per heavy atom. The Morgan fingerprint density at radius 3 is 2.80 bits per heavy atom. The summed E-state index contributed by atoms with van der Waals surface area (Å²) in [6.45, 7) is 7.84. The zero-order valence-electron chi connectivity index (χ0n) is 16.9. The van der Waals surface area contributed by atoms with Gasteiger partial charge in [0.2, 0.25) is 11.0 Å². The number of benzene rings is 1. The summed E-state index contributed by atoms with van der Waals surface area (Å²) in [5.41, 5.74) is 2.03. The zero-order valence-corrected chi connectivity index (χ0v) is 19.2. The SMILES string of the molecule is C=CCSc1nnc(N2C(=O)C[C@H](c3ccccc3Cl)C3=C2CC(C)(C)CC3=O)s1. The van der Waals surface area contributed by atoms with Crippen molar-refractivity contribution in [2.45, 2.75) is 43.4 Å². The molecule has 0 N–H and O–H groups in total. The third-order valence-corrected chi connectivity index (χ3v) is 7.72. The Labute approximate surface area is 189 Å². The maximum atomic E-state index is 13.3. The fourth-order valence-corrected chi connectivity index (χ4v) is 6.05. The van der Waals surface area contributed by atoms with Crippen molar-refractivity contribution >= 4 is 51.5 Å². The molecule has 0 saturated heterocycles. The molecule has 1 aliphatic carbocycles. The molecule has 8 heteroatoms. The van der Waals surface area contributed by atoms with Crippen LogP contribution in [0, 0.1) is 5.41 Å². The van der Waals surface area contributed by atoms with Gasteiger partial charge in [0.1, 0.15) is 0 Å². The second-order valence-electron chi connectivity index (χ2n) is 8.26. The number of thioether (sulfide) groups is 1. The number of allylic oxidation sites excluding steroid dienone is 2. The lowest BCUT2D eigenvalue weighted by Crippen LogP contribution is -2.43. The van der Waals surface area contributed by atoms with Gasteiger partial charge in [-0.25, -0.2) is 0 Å². The minimum atomic E-state index is -0.330. The highest BCUT2D eigenvalue weighted by Gasteiger charge is 2.45. The maximum absolute atomic E-state index is 13.3. The molecular weight excluding hydrogens is 438 g/mol. The monoisotopic (exact) mass is 459 g/mol. The Bertz CT molecular complexity index is 1060. The highest BCUT2D eigenvalue weighted by molar-refractivity contribution is 8.01. The second kappa shape index (κ2) is 8.29. The number of nitrogens with zero attached hydrogens (tertiary/aromatic N) is 3. The minimum absolute atomic E-state index is 0.0782. The summed E-state index contributed by atoms with van der Waals surface area (Å²) in [5.74, 6) is 0.384. The molecule has 1 aliphatic heterocycles. The molecule has 5 nitrogen and oxygen atoms in total. The van der Waals surface area contributed by atoms with E-state index >= 15 is 0 Å². The largest absolute Gasteiger partial charge is 0.294 e. The van der Waals surface area contributed by atoms with Crippen LogP contribution in [-0.4, -0.2) is 27.6 Å². The predicted molar refractivity (Wildman–Crippen MR) is 122 cm³/mol. The van der Waals surface area contributed by atoms with Crippen LogP contribution in [-0.2, 0) is 9.59 Å². The summed E-state index contributed by atoms with van der Waals surface area (Å²) in [7, 11) is 0. The Morgan fingerprint density at radius 1 is 1.30 bits per heavy atom. The quantitative estimate of drug-likeness (QED) is 0.329. The number of Topliss-reactive ketones (excluding diaryl/α,β-unsaturated/α-hetero) is 1. The summed E-state index contributed by atoms with van der Waals surface area (Å²) in [5, 5.41) is 9.57. The van der Waals surface area contributed by atoms with Crippen molar-refractivity contribution in [3.8, 4) is 0 Å². The second-order valence-corrected chi connectivity index (χ2v) is 10.9. The van der Waals surface area contributed by atoms with Crippen LogP contribution in [0.4, 0.5) is 5.13 Å². The van der Waals surface area contributed by atoms with E-state index < -0.39 is 0 Å². The molecule has 2 aliphatic rings. The summed E-state index contributed by atoms with van der Waals surface area (Å²) in [6, 6.07) is 7.46. The van der Waals surface area contributed by atoms with E-state index in [-0.39, 0.29) is 29.4 Å². The topological polar surface area (TPSA) is 63.2 Å². The molecule has 0 saturated carbocycles. The van der Waals surface area contributed by atoms with Gasteiger partial charge in [0.15, 0.2) is 10.1 Å². The Hall–Kier alpha value is -1.96. The number of hydrogen-bond donors (Lipinski definition) is 0. The van der Waals surface area contributed by atoms with Crippen LogP contribution in [0.1, 0.15) is 44.6 Å². The lowest BCUT2D eigenvalue weighted by molar-refractivity contribution is -0.121. The smallest absolute Gasteiger partial charge is 0.234 e. The molecule has 30 heavy (non-hydrogen) atoms. The van der Waals surface area contributed by atoms with Crippen LogP contribution in [0.15, 0.2) is 52.5 Å². The predicted octanol–water partition coefficient (Wildman–Crippen LogP) is 5.63. The molecule has 0 fully saturated rings. The van der Waals surface area contributed by atoms with Gasteiger partial charge in [-0.1, -0.05) is 72.8 Å². The van der Waals surface area contributed by atoms with Crippen molar-refractivity contribution in [1.82, 2.24) is 10.2 Å². The van der Waals surface area contributed by atoms with E-state index in [0.717, 1.165) is 21.4 Å². The molecule has 1 amide bonds. The Kier molecular flexibility index (Phi) is 5.88. The van der Waals surface area contributed by atoms with Gasteiger partial charge in [-0.2, -0.15) is 0 Å². The number of halogens is 1. The molecule has 1 aromatic carbocycles. The summed E-state index contributed by atoms with van der Waals surface area (Å²) in [4.78, 5) is 28.2. The van der Waals surface area contributed by atoms with Crippen molar-refractivity contribution in [3.05, 3.63) is 58.8 Å². The van der Waals surface area contributed by atoms with Gasteiger partial charge in [-0.05, 0) is 23.5 Å². The van der Waals surface area contributed by atoms with Crippen LogP contribution in [0.3, 0.4) is 0 Å². The third-order valence-electron chi connectivity index (χ3n) is 5.34. The van der Waals surface area contributed by atoms with Crippen molar-refractivity contribution in [1.29, 1.82) is 0 Å². The number of carbonyl (C=O) groups excluding carboxylic acids is 2. The van der Waals surface area contributed by atoms with Crippen molar-refractivity contribution in [2.24, 2.45) is 5.41 Å². The molecule has 0 bridgehead atoms. The highest BCUT2D eigenvalue weighted by atomic mass is 35.5. The van der Waals surface area contributed by atoms with E-state index in [9.17, 15) is 9.59 Å². The molecular formula is C22H22ClN3O2S2. The van der Waals surface area contributed by atoms with E-state index in [1.54, 1.807) is 17.0 Å². The first-order chi connectivity index (χ1) is 14.3. The molecule has 0 spiro atoms. The molecule has 2 aromatic rings. The lowest BCUT2D eigenvalue weighted by Gasteiger charge is -2.41. The summed E-state index contributed by atoms with van der Waals surface area (Å²) >= 11 is 9.35. The number of carbonyl (C=O) groups is 2. The first kappa shape index (κ1) is 21.3. The number of ketones is 1. The van der Waals surface area contributed by atoms with E-state index in [1.807, 2.05) is 18.2 Å². The minimum Gasteiger partial charge on any atom is -0.294 e. The molecule has 1 atom stereocenters. The van der Waals surface area contributed by atoms with Crippen LogP contribution in [0.2, 0.25) is 5.02 Å². The Balaban J connectivity index is 1.83. The molecule has 156 valence electrons. The van der Waals surface area contributed by atoms with Gasteiger partial charge in [-0.3, -0.25) is 14.5 Å². The van der Waals surface area contributed by atoms with Gasteiger partial charge in [0.25, 0.3) is 0 Å².